The van der Waals surface area contributed by atoms with E-state index in [2.05, 4.69) is 89.8 Å². The monoisotopic (exact) mass is 438 g/mol. The molecule has 1 saturated heterocycles. The predicted octanol–water partition coefficient (Wildman–Crippen LogP) is 6.76. The Kier molecular flexibility index (Phi) is 6.35. The number of hydrogen-bond acceptors (Lipinski definition) is 3. The van der Waals surface area contributed by atoms with Crippen LogP contribution in [0.1, 0.15) is 53.9 Å². The summed E-state index contributed by atoms with van der Waals surface area (Å²) in [6.07, 6.45) is 4.37. The molecule has 2 aliphatic heterocycles. The smallest absolute Gasteiger partial charge is 0.109 e. The highest BCUT2D eigenvalue weighted by Crippen LogP contribution is 2.46. The standard InChI is InChI=1S/C29H30N2S/c30-22-29(17-8-18-31-19-15-24(16-20-31)23-9-2-1-3-10-23)26-12-5-4-11-25(26)21-32-28-14-7-6-13-27(28)29/h1-7,9-14,24H,8,15-21H2. The topological polar surface area (TPSA) is 27.0 Å². The minimum atomic E-state index is -0.557. The Bertz CT molecular complexity index is 1050. The lowest BCUT2D eigenvalue weighted by atomic mass is 9.71. The summed E-state index contributed by atoms with van der Waals surface area (Å²) in [5.74, 6) is 1.62. The van der Waals surface area contributed by atoms with Gasteiger partial charge in [0.05, 0.1) is 6.07 Å². The first-order valence-corrected chi connectivity index (χ1v) is 12.8. The highest BCUT2D eigenvalue weighted by molar-refractivity contribution is 7.98. The first-order chi connectivity index (χ1) is 15.8. The molecule has 32 heavy (non-hydrogen) atoms. The summed E-state index contributed by atoms with van der Waals surface area (Å²) in [6, 6.07) is 30.9. The molecule has 2 nitrogen and oxygen atoms in total. The summed E-state index contributed by atoms with van der Waals surface area (Å²) in [5, 5.41) is 10.6. The number of benzene rings is 3. The van der Waals surface area contributed by atoms with Crippen molar-refractivity contribution < 1.29 is 0 Å². The van der Waals surface area contributed by atoms with Gasteiger partial charge in [0.25, 0.3) is 0 Å². The van der Waals surface area contributed by atoms with Crippen LogP contribution < -0.4 is 0 Å². The van der Waals surface area contributed by atoms with Gasteiger partial charge in [-0.1, -0.05) is 72.8 Å². The van der Waals surface area contributed by atoms with Crippen molar-refractivity contribution in [2.75, 3.05) is 19.6 Å². The van der Waals surface area contributed by atoms with E-state index in [1.54, 1.807) is 0 Å². The maximum absolute atomic E-state index is 10.6. The zero-order valence-corrected chi connectivity index (χ0v) is 19.4. The first-order valence-electron chi connectivity index (χ1n) is 11.8. The fourth-order valence-corrected chi connectivity index (χ4v) is 6.67. The van der Waals surface area contributed by atoms with Crippen LogP contribution in [0.3, 0.4) is 0 Å². The van der Waals surface area contributed by atoms with Crippen molar-refractivity contribution in [1.29, 1.82) is 5.26 Å². The molecule has 5 rings (SSSR count). The van der Waals surface area contributed by atoms with Gasteiger partial charge in [-0.2, -0.15) is 5.26 Å². The van der Waals surface area contributed by atoms with E-state index in [9.17, 15) is 5.26 Å². The van der Waals surface area contributed by atoms with Crippen molar-refractivity contribution in [1.82, 2.24) is 4.90 Å². The average Bonchev–Trinajstić information content (AvgIpc) is 3.00. The van der Waals surface area contributed by atoms with Crippen LogP contribution in [0.4, 0.5) is 0 Å². The van der Waals surface area contributed by atoms with Gasteiger partial charge in [0.15, 0.2) is 0 Å². The molecule has 0 aromatic heterocycles. The SMILES string of the molecule is N#CC1(CCCN2CCC(c3ccccc3)CC2)c2ccccc2CSc2ccccc21. The van der Waals surface area contributed by atoms with Crippen LogP contribution in [0.5, 0.6) is 0 Å². The minimum Gasteiger partial charge on any atom is -0.303 e. The van der Waals surface area contributed by atoms with Gasteiger partial charge in [0.1, 0.15) is 5.41 Å². The second-order valence-corrected chi connectivity index (χ2v) is 10.1. The average molecular weight is 439 g/mol. The number of likely N-dealkylation sites (tertiary alicyclic amines) is 1. The van der Waals surface area contributed by atoms with Crippen molar-refractivity contribution in [3.63, 3.8) is 0 Å². The Morgan fingerprint density at radius 1 is 0.875 bits per heavy atom. The molecule has 0 aliphatic carbocycles. The molecule has 1 unspecified atom stereocenters. The Labute approximate surface area is 196 Å². The first kappa shape index (κ1) is 21.3. The summed E-state index contributed by atoms with van der Waals surface area (Å²) < 4.78 is 0. The number of fused-ring (bicyclic) bond motifs is 2. The molecule has 3 aromatic rings. The number of thioether (sulfide) groups is 1. The highest BCUT2D eigenvalue weighted by Gasteiger charge is 2.39. The molecule has 3 aromatic carbocycles. The van der Waals surface area contributed by atoms with Gasteiger partial charge < -0.3 is 4.90 Å². The molecule has 162 valence electrons. The van der Waals surface area contributed by atoms with Crippen LogP contribution in [-0.4, -0.2) is 24.5 Å². The summed E-state index contributed by atoms with van der Waals surface area (Å²) in [7, 11) is 0. The molecule has 0 amide bonds. The zero-order chi connectivity index (χ0) is 21.8. The summed E-state index contributed by atoms with van der Waals surface area (Å²) >= 11 is 1.87. The maximum atomic E-state index is 10.6. The molecule has 2 aliphatic rings. The van der Waals surface area contributed by atoms with Gasteiger partial charge in [-0.3, -0.25) is 0 Å². The van der Waals surface area contributed by atoms with E-state index in [1.807, 2.05) is 11.8 Å². The van der Waals surface area contributed by atoms with Gasteiger partial charge in [-0.05, 0) is 79.6 Å². The van der Waals surface area contributed by atoms with Crippen molar-refractivity contribution >= 4 is 11.8 Å². The number of nitrogens with zero attached hydrogens (tertiary/aromatic N) is 2. The fourth-order valence-electron chi connectivity index (χ4n) is 5.54. The molecule has 3 heteroatoms. The Hall–Kier alpha value is -2.54. The number of piperidine rings is 1. The van der Waals surface area contributed by atoms with Gasteiger partial charge >= 0.3 is 0 Å². The van der Waals surface area contributed by atoms with E-state index in [-0.39, 0.29) is 0 Å². The van der Waals surface area contributed by atoms with Crippen molar-refractivity contribution in [2.24, 2.45) is 0 Å². The van der Waals surface area contributed by atoms with Crippen LogP contribution in [0, 0.1) is 11.3 Å². The van der Waals surface area contributed by atoms with Crippen molar-refractivity contribution in [2.45, 2.75) is 47.7 Å². The zero-order valence-electron chi connectivity index (χ0n) is 18.5. The molecule has 2 heterocycles. The fraction of sp³-hybridized carbons (Fsp3) is 0.345. The van der Waals surface area contributed by atoms with Crippen molar-refractivity contribution in [3.8, 4) is 6.07 Å². The summed E-state index contributed by atoms with van der Waals surface area (Å²) in [5.41, 5.74) is 4.64. The second-order valence-electron chi connectivity index (χ2n) is 9.09. The molecule has 0 radical (unpaired) electrons. The largest absolute Gasteiger partial charge is 0.303 e. The third-order valence-corrected chi connectivity index (χ3v) is 8.41. The van der Waals surface area contributed by atoms with Crippen LogP contribution in [-0.2, 0) is 11.2 Å². The summed E-state index contributed by atoms with van der Waals surface area (Å²) in [6.45, 7) is 3.38. The maximum Gasteiger partial charge on any atom is 0.109 e. The highest BCUT2D eigenvalue weighted by atomic mass is 32.2. The van der Waals surface area contributed by atoms with Gasteiger partial charge in [0.2, 0.25) is 0 Å². The third-order valence-electron chi connectivity index (χ3n) is 7.28. The van der Waals surface area contributed by atoms with E-state index in [4.69, 9.17) is 0 Å². The van der Waals surface area contributed by atoms with Crippen LogP contribution in [0.25, 0.3) is 0 Å². The molecule has 0 N–H and O–H groups in total. The summed E-state index contributed by atoms with van der Waals surface area (Å²) in [4.78, 5) is 3.86. The quantitative estimate of drug-likeness (QED) is 0.440. The predicted molar refractivity (Wildman–Crippen MR) is 133 cm³/mol. The van der Waals surface area contributed by atoms with Crippen LogP contribution in [0.2, 0.25) is 0 Å². The Morgan fingerprint density at radius 2 is 1.56 bits per heavy atom. The lowest BCUT2D eigenvalue weighted by molar-refractivity contribution is 0.206. The molecule has 0 spiro atoms. The number of rotatable bonds is 5. The van der Waals surface area contributed by atoms with Gasteiger partial charge in [-0.15, -0.1) is 11.8 Å². The molecule has 0 saturated carbocycles. The van der Waals surface area contributed by atoms with Gasteiger partial charge in [0, 0.05) is 10.6 Å². The van der Waals surface area contributed by atoms with Crippen LogP contribution >= 0.6 is 11.8 Å². The Balaban J connectivity index is 1.30. The number of hydrogen-bond donors (Lipinski definition) is 0. The van der Waals surface area contributed by atoms with E-state index in [0.717, 1.165) is 38.2 Å². The molecular formula is C29H30N2S. The minimum absolute atomic E-state index is 0.557. The molecule has 1 fully saturated rings. The van der Waals surface area contributed by atoms with E-state index in [1.165, 1.54) is 40.0 Å². The van der Waals surface area contributed by atoms with E-state index < -0.39 is 5.41 Å². The lowest BCUT2D eigenvalue weighted by Crippen LogP contribution is -2.35. The Morgan fingerprint density at radius 3 is 2.34 bits per heavy atom. The normalized spacial score (nSPS) is 21.2. The van der Waals surface area contributed by atoms with E-state index >= 15 is 0 Å². The number of nitriles is 1. The molecule has 0 bridgehead atoms. The van der Waals surface area contributed by atoms with Crippen molar-refractivity contribution in [3.05, 3.63) is 101 Å². The second kappa shape index (κ2) is 9.53. The lowest BCUT2D eigenvalue weighted by Gasteiger charge is -2.34. The third kappa shape index (κ3) is 4.10. The van der Waals surface area contributed by atoms with Crippen LogP contribution in [0.15, 0.2) is 83.8 Å². The molecular weight excluding hydrogens is 408 g/mol. The van der Waals surface area contributed by atoms with Gasteiger partial charge in [-0.25, -0.2) is 0 Å². The molecule has 1 atom stereocenters. The van der Waals surface area contributed by atoms with E-state index in [0.29, 0.717) is 5.92 Å².